The third-order valence-electron chi connectivity index (χ3n) is 10.4. The molecule has 1 aliphatic carbocycles. The van der Waals surface area contributed by atoms with E-state index in [1.807, 2.05) is 23.3 Å². The van der Waals surface area contributed by atoms with Crippen LogP contribution in [0.3, 0.4) is 0 Å². The van der Waals surface area contributed by atoms with Crippen LogP contribution >= 0.6 is 0 Å². The van der Waals surface area contributed by atoms with Crippen molar-refractivity contribution in [1.82, 2.24) is 24.3 Å². The van der Waals surface area contributed by atoms with Gasteiger partial charge in [0.2, 0.25) is 11.8 Å². The average molecular weight is 636 g/mol. The topological polar surface area (TPSA) is 126 Å². The van der Waals surface area contributed by atoms with Crippen LogP contribution in [-0.2, 0) is 22.6 Å². The third kappa shape index (κ3) is 5.25. The molecule has 244 valence electrons. The number of amides is 2. The summed E-state index contributed by atoms with van der Waals surface area (Å²) >= 11 is 0. The summed E-state index contributed by atoms with van der Waals surface area (Å²) in [4.78, 5) is 38.2. The lowest BCUT2D eigenvalue weighted by molar-refractivity contribution is -0.135. The zero-order chi connectivity index (χ0) is 32.4. The first-order chi connectivity index (χ1) is 22.1. The number of benzene rings is 2. The van der Waals surface area contributed by atoms with Gasteiger partial charge in [-0.15, -0.1) is 0 Å². The van der Waals surface area contributed by atoms with E-state index in [9.17, 15) is 22.8 Å². The van der Waals surface area contributed by atoms with Crippen LogP contribution in [0, 0.1) is 23.5 Å². The van der Waals surface area contributed by atoms with Gasteiger partial charge in [0.1, 0.15) is 17.8 Å². The number of fused-ring (bicyclic) bond motifs is 3. The molecule has 1 saturated carbocycles. The number of carbonyl (C=O) groups is 2. The monoisotopic (exact) mass is 635 g/mol. The normalized spacial score (nSPS) is 25.4. The lowest BCUT2D eigenvalue weighted by Crippen LogP contribution is -2.48. The van der Waals surface area contributed by atoms with Crippen LogP contribution < -0.4 is 11.5 Å². The molecule has 7 atom stereocenters. The van der Waals surface area contributed by atoms with E-state index in [2.05, 4.69) is 4.98 Å². The number of nitrogens with one attached hydrogen (secondary N) is 1. The lowest BCUT2D eigenvalue weighted by Gasteiger charge is -2.30. The molecule has 3 fully saturated rings. The molecular formula is C34H40F3N7O2. The van der Waals surface area contributed by atoms with Crippen molar-refractivity contribution in [1.29, 1.82) is 0 Å². The number of nitrogens with two attached hydrogens (primary N) is 2. The predicted molar refractivity (Wildman–Crippen MR) is 169 cm³/mol. The molecule has 2 aromatic heterocycles. The maximum atomic E-state index is 14.9. The fourth-order valence-corrected chi connectivity index (χ4v) is 7.69. The second-order valence-corrected chi connectivity index (χ2v) is 13.3. The lowest BCUT2D eigenvalue weighted by atomic mass is 9.99. The number of halogens is 3. The van der Waals surface area contributed by atoms with Crippen molar-refractivity contribution < 1.29 is 22.8 Å². The number of imidazole rings is 1. The number of nitrogens with zero attached hydrogens (tertiary/aromatic N) is 4. The fraction of sp³-hybridized carbons (Fsp3) is 0.500. The summed E-state index contributed by atoms with van der Waals surface area (Å²) in [5.41, 5.74) is 15.3. The van der Waals surface area contributed by atoms with E-state index in [-0.39, 0.29) is 37.2 Å². The van der Waals surface area contributed by atoms with Gasteiger partial charge in [0.15, 0.2) is 5.82 Å². The minimum atomic E-state index is -1.19. The van der Waals surface area contributed by atoms with E-state index in [4.69, 9.17) is 16.5 Å². The second kappa shape index (κ2) is 11.7. The Morgan fingerprint density at radius 2 is 1.67 bits per heavy atom. The van der Waals surface area contributed by atoms with Crippen LogP contribution in [0.25, 0.3) is 33.5 Å². The van der Waals surface area contributed by atoms with Gasteiger partial charge in [-0.25, -0.2) is 18.2 Å². The van der Waals surface area contributed by atoms with Crippen LogP contribution in [0.1, 0.15) is 45.1 Å². The largest absolute Gasteiger partial charge is 0.352 e. The van der Waals surface area contributed by atoms with Crippen molar-refractivity contribution >= 4 is 33.8 Å². The molecule has 2 saturated heterocycles. The molecule has 2 amide bonds. The molecule has 5 N–H and O–H groups in total. The Bertz CT molecular complexity index is 1820. The smallest absolute Gasteiger partial charge is 0.239 e. The summed E-state index contributed by atoms with van der Waals surface area (Å²) in [5.74, 6) is 0.0320. The van der Waals surface area contributed by atoms with E-state index in [0.717, 1.165) is 17.4 Å². The van der Waals surface area contributed by atoms with Crippen LogP contribution in [-0.4, -0.2) is 79.6 Å². The van der Waals surface area contributed by atoms with E-state index in [1.54, 1.807) is 12.1 Å². The summed E-state index contributed by atoms with van der Waals surface area (Å²) in [6.45, 7) is 4.75. The minimum absolute atomic E-state index is 0.0324. The number of piperidine rings is 1. The quantitative estimate of drug-likeness (QED) is 0.253. The van der Waals surface area contributed by atoms with E-state index in [0.29, 0.717) is 65.8 Å². The molecule has 0 bridgehead atoms. The summed E-state index contributed by atoms with van der Waals surface area (Å²) < 4.78 is 45.9. The van der Waals surface area contributed by atoms with Crippen molar-refractivity contribution in [2.24, 2.45) is 23.3 Å². The number of carbonyl (C=O) groups excluding carboxylic acids is 2. The van der Waals surface area contributed by atoms with Gasteiger partial charge in [-0.1, -0.05) is 13.8 Å². The zero-order valence-corrected chi connectivity index (χ0v) is 26.1. The molecule has 9 nitrogen and oxygen atoms in total. The summed E-state index contributed by atoms with van der Waals surface area (Å²) in [5, 5.41) is 0.726. The molecule has 4 aromatic rings. The summed E-state index contributed by atoms with van der Waals surface area (Å²) in [6.07, 6.45) is 1.24. The Morgan fingerprint density at radius 3 is 2.41 bits per heavy atom. The maximum absolute atomic E-state index is 14.9. The molecule has 4 heterocycles. The van der Waals surface area contributed by atoms with E-state index in [1.165, 1.54) is 29.2 Å². The second-order valence-electron chi connectivity index (χ2n) is 13.3. The predicted octanol–water partition coefficient (Wildman–Crippen LogP) is 4.27. The number of hydrogen-bond donors (Lipinski definition) is 3. The Kier molecular flexibility index (Phi) is 7.83. The molecule has 0 spiro atoms. The van der Waals surface area contributed by atoms with Gasteiger partial charge >= 0.3 is 0 Å². The van der Waals surface area contributed by atoms with Crippen LogP contribution in [0.15, 0.2) is 36.4 Å². The molecular weight excluding hydrogens is 595 g/mol. The highest BCUT2D eigenvalue weighted by Gasteiger charge is 2.54. The SMILES string of the molecule is CCC(N)C(=O)N1C[C@@H](F)C[C@H]1Cc1c(-c2nc3cc(F)ccc3n2C[C@@H]2[C@H]3C[C@H]3CN2C(=O)C(N)CC)[nH]c2cc(F)ccc12. The molecule has 2 aliphatic heterocycles. The Hall–Kier alpha value is -3.90. The standard InChI is InChI=1S/C34H40F3N7O2/c1-3-25(38)33(45)42-15-20(37)10-21(42)13-24-22-7-5-18(35)11-27(22)40-31(24)32-41-28-12-19(36)6-8-29(28)43(32)16-30-23-9-17(23)14-44(30)34(46)26(39)4-2/h5-8,11-12,17,20-21,23,25-26,30,40H,3-4,9-10,13-16,38-39H2,1-2H3/t17-,20-,21-,23-,25?,26?,30+/m0/s1. The molecule has 3 aliphatic rings. The van der Waals surface area contributed by atoms with Crippen molar-refractivity contribution in [2.75, 3.05) is 13.1 Å². The first-order valence-corrected chi connectivity index (χ1v) is 16.3. The first-order valence-electron chi connectivity index (χ1n) is 16.3. The van der Waals surface area contributed by atoms with Gasteiger partial charge in [-0.3, -0.25) is 9.59 Å². The number of alkyl halides is 1. The highest BCUT2D eigenvalue weighted by Crippen LogP contribution is 2.50. The van der Waals surface area contributed by atoms with Crippen molar-refractivity contribution in [2.45, 2.75) is 82.8 Å². The van der Waals surface area contributed by atoms with Crippen LogP contribution in [0.2, 0.25) is 0 Å². The number of hydrogen-bond acceptors (Lipinski definition) is 5. The molecule has 0 radical (unpaired) electrons. The van der Waals surface area contributed by atoms with Gasteiger partial charge in [-0.2, -0.15) is 0 Å². The molecule has 46 heavy (non-hydrogen) atoms. The van der Waals surface area contributed by atoms with Crippen molar-refractivity contribution in [3.8, 4) is 11.5 Å². The molecule has 2 unspecified atom stereocenters. The van der Waals surface area contributed by atoms with Crippen molar-refractivity contribution in [3.63, 3.8) is 0 Å². The number of rotatable bonds is 9. The van der Waals surface area contributed by atoms with Gasteiger partial charge in [0.05, 0.1) is 41.4 Å². The van der Waals surface area contributed by atoms with E-state index >= 15 is 0 Å². The molecule has 12 heteroatoms. The van der Waals surface area contributed by atoms with Crippen molar-refractivity contribution in [3.05, 3.63) is 53.6 Å². The van der Waals surface area contributed by atoms with Crippen LogP contribution in [0.5, 0.6) is 0 Å². The van der Waals surface area contributed by atoms with Gasteiger partial charge in [0.25, 0.3) is 0 Å². The highest BCUT2D eigenvalue weighted by atomic mass is 19.1. The fourth-order valence-electron chi connectivity index (χ4n) is 7.69. The third-order valence-corrected chi connectivity index (χ3v) is 10.4. The molecule has 7 rings (SSSR count). The van der Waals surface area contributed by atoms with Crippen LogP contribution in [0.4, 0.5) is 13.2 Å². The Balaban J connectivity index is 1.35. The summed E-state index contributed by atoms with van der Waals surface area (Å²) in [6, 6.07) is 6.99. The van der Waals surface area contributed by atoms with Gasteiger partial charge < -0.3 is 30.8 Å². The first kappa shape index (κ1) is 30.7. The Morgan fingerprint density at radius 1 is 0.978 bits per heavy atom. The molecule has 2 aromatic carbocycles. The zero-order valence-electron chi connectivity index (χ0n) is 26.1. The summed E-state index contributed by atoms with van der Waals surface area (Å²) in [7, 11) is 0. The highest BCUT2D eigenvalue weighted by molar-refractivity contribution is 5.92. The number of aromatic amines is 1. The minimum Gasteiger partial charge on any atom is -0.352 e. The van der Waals surface area contributed by atoms with E-state index < -0.39 is 35.9 Å². The number of likely N-dealkylation sites (tertiary alicyclic amines) is 2. The maximum Gasteiger partial charge on any atom is 0.239 e. The Labute approximate surface area is 265 Å². The van der Waals surface area contributed by atoms with Gasteiger partial charge in [-0.05, 0) is 73.4 Å². The number of aromatic nitrogens is 3. The van der Waals surface area contributed by atoms with Gasteiger partial charge in [0, 0.05) is 42.5 Å². The average Bonchev–Trinajstić information content (AvgIpc) is 3.28. The number of H-pyrrole nitrogens is 1.